The van der Waals surface area contributed by atoms with Crippen LogP contribution >= 0.6 is 0 Å². The third kappa shape index (κ3) is 4.16. The van der Waals surface area contributed by atoms with Gasteiger partial charge in [-0.1, -0.05) is 0 Å². The number of nitrogens with one attached hydrogen (secondary N) is 1. The summed E-state index contributed by atoms with van der Waals surface area (Å²) in [7, 11) is 0. The molecule has 0 fully saturated rings. The van der Waals surface area contributed by atoms with E-state index in [9.17, 15) is 9.65 Å². The van der Waals surface area contributed by atoms with E-state index in [-0.39, 0.29) is 5.82 Å². The van der Waals surface area contributed by atoms with Crippen molar-refractivity contribution in [2.75, 3.05) is 13.1 Å². The molecule has 0 amide bonds. The molecule has 0 saturated heterocycles. The van der Waals surface area contributed by atoms with Gasteiger partial charge < -0.3 is 0 Å². The van der Waals surface area contributed by atoms with Crippen LogP contribution in [0, 0.1) is 23.1 Å². The number of rotatable bonds is 7. The van der Waals surface area contributed by atoms with Crippen LogP contribution in [0.1, 0.15) is 47.1 Å². The van der Waals surface area contributed by atoms with E-state index in [2.05, 4.69) is 39.5 Å². The molecule has 3 aliphatic rings. The summed E-state index contributed by atoms with van der Waals surface area (Å²) >= 11 is -1.62. The van der Waals surface area contributed by atoms with Gasteiger partial charge >= 0.3 is 188 Å². The van der Waals surface area contributed by atoms with Crippen molar-refractivity contribution in [3.8, 4) is 6.07 Å². The number of fused-ring (bicyclic) bond motifs is 5. The van der Waals surface area contributed by atoms with Crippen LogP contribution in [0.25, 0.3) is 5.57 Å². The molecule has 2 unspecified atom stereocenters. The van der Waals surface area contributed by atoms with Gasteiger partial charge in [0.25, 0.3) is 0 Å². The van der Waals surface area contributed by atoms with Gasteiger partial charge in [-0.15, -0.1) is 0 Å². The van der Waals surface area contributed by atoms with Crippen molar-refractivity contribution in [3.05, 3.63) is 104 Å². The first-order chi connectivity index (χ1) is 17.2. The molecule has 3 nitrogen and oxygen atoms in total. The van der Waals surface area contributed by atoms with Gasteiger partial charge in [-0.2, -0.15) is 5.26 Å². The molecule has 2 atom stereocenters. The van der Waals surface area contributed by atoms with E-state index in [1.807, 2.05) is 30.3 Å². The van der Waals surface area contributed by atoms with Crippen molar-refractivity contribution in [2.24, 2.45) is 5.92 Å². The predicted octanol–water partition coefficient (Wildman–Crippen LogP) is 5.20. The molecule has 0 spiro atoms. The van der Waals surface area contributed by atoms with E-state index >= 15 is 0 Å². The molecule has 3 aromatic carbocycles. The Bertz CT molecular complexity index is 1330. The Balaban J connectivity index is 1.14. The van der Waals surface area contributed by atoms with Crippen molar-refractivity contribution in [1.29, 1.82) is 5.26 Å². The van der Waals surface area contributed by atoms with Gasteiger partial charge in [0.2, 0.25) is 0 Å². The predicted molar refractivity (Wildman–Crippen MR) is 138 cm³/mol. The Hall–Kier alpha value is -2.39. The van der Waals surface area contributed by atoms with E-state index in [0.717, 1.165) is 42.6 Å². The second-order valence-corrected chi connectivity index (χ2v) is 17.8. The molecule has 35 heavy (non-hydrogen) atoms. The summed E-state index contributed by atoms with van der Waals surface area (Å²) < 4.78 is 26.0. The van der Waals surface area contributed by atoms with Gasteiger partial charge in [0.05, 0.1) is 11.6 Å². The Kier molecular flexibility index (Phi) is 6.30. The number of hydrogen-bond acceptors (Lipinski definition) is 3. The molecule has 3 heterocycles. The maximum absolute atomic E-state index is 13.7. The fraction of sp³-hybridized carbons (Fsp3) is 0.300. The summed E-state index contributed by atoms with van der Waals surface area (Å²) in [4.78, 5) is 0. The number of nitrogens with zero attached hydrogens (tertiary/aromatic N) is 1. The number of benzene rings is 3. The van der Waals surface area contributed by atoms with Crippen LogP contribution in [-0.4, -0.2) is 34.5 Å². The molecule has 6 rings (SSSR count). The Labute approximate surface area is 214 Å². The van der Waals surface area contributed by atoms with Crippen LogP contribution in [0.15, 0.2) is 70.6 Å². The first kappa shape index (κ1) is 23.0. The fourth-order valence-electron chi connectivity index (χ4n) is 6.33. The molecular weight excluding hydrogens is 538 g/mol. The second-order valence-electron chi connectivity index (χ2n) is 10.0. The second kappa shape index (κ2) is 9.58. The number of halogens is 1. The summed E-state index contributed by atoms with van der Waals surface area (Å²) in [5.41, 5.74) is 6.33. The number of nitriles is 1. The molecular formula is C30H28FInN2O. The molecule has 174 valence electrons. The quantitative estimate of drug-likeness (QED) is 0.400. The zero-order valence-electron chi connectivity index (χ0n) is 19.8. The summed E-state index contributed by atoms with van der Waals surface area (Å²) in [6, 6.07) is 23.8. The van der Waals surface area contributed by atoms with Crippen LogP contribution < -0.4 is 8.64 Å². The van der Waals surface area contributed by atoms with Crippen LogP contribution in [0.2, 0.25) is 4.18 Å². The molecule has 5 heteroatoms. The first-order valence-electron chi connectivity index (χ1n) is 12.6. The monoisotopic (exact) mass is 566 g/mol. The van der Waals surface area contributed by atoms with Gasteiger partial charge in [-0.25, -0.2) is 4.39 Å². The van der Waals surface area contributed by atoms with Gasteiger partial charge in [0, 0.05) is 0 Å². The number of hydrogen-bond donors (Lipinski definition) is 1. The standard InChI is InChI=1S/C30H28FN2O.In/c1-3-24(22(2)25-8-5-4-6-9-25)20-33-17-7-16-30(27-11-13-28(31)14-12-27)29-15-10-23(19-32)18-26(29)21-34-30;/h2,4-6,8,10-15,18,24,33H,1,3,7,16-17,20-21H2;. The van der Waals surface area contributed by atoms with Gasteiger partial charge in [-0.3, -0.25) is 0 Å². The Morgan fingerprint density at radius 3 is 2.83 bits per heavy atom. The van der Waals surface area contributed by atoms with Crippen LogP contribution in [0.5, 0.6) is 0 Å². The summed E-state index contributed by atoms with van der Waals surface area (Å²) in [6.45, 7) is 2.40. The number of ether oxygens (including phenoxy) is 1. The summed E-state index contributed by atoms with van der Waals surface area (Å²) in [5, 5.41) is 13.0. The first-order valence-corrected chi connectivity index (χ1v) is 18.5. The molecule has 1 N–H and O–H groups in total. The topological polar surface area (TPSA) is 45.0 Å². The Morgan fingerprint density at radius 2 is 1.97 bits per heavy atom. The minimum atomic E-state index is -1.62. The van der Waals surface area contributed by atoms with Crippen molar-refractivity contribution in [3.63, 3.8) is 0 Å². The maximum atomic E-state index is 13.7. The van der Waals surface area contributed by atoms with Crippen LogP contribution in [0.4, 0.5) is 4.39 Å². The van der Waals surface area contributed by atoms with E-state index < -0.39 is 27.0 Å². The van der Waals surface area contributed by atoms with Crippen molar-refractivity contribution in [2.45, 2.75) is 35.6 Å². The van der Waals surface area contributed by atoms with E-state index in [0.29, 0.717) is 18.1 Å². The summed E-state index contributed by atoms with van der Waals surface area (Å²) in [6.07, 6.45) is 3.08. The van der Waals surface area contributed by atoms with E-state index in [1.54, 1.807) is 14.5 Å². The van der Waals surface area contributed by atoms with Gasteiger partial charge in [-0.05, 0) is 0 Å². The van der Waals surface area contributed by atoms with Crippen molar-refractivity contribution >= 4 is 30.3 Å². The zero-order chi connectivity index (χ0) is 23.8. The van der Waals surface area contributed by atoms with Gasteiger partial charge in [0.15, 0.2) is 0 Å². The minimum absolute atomic E-state index is 0.245. The van der Waals surface area contributed by atoms with Crippen molar-refractivity contribution < 1.29 is 9.13 Å². The molecule has 0 radical (unpaired) electrons. The molecule has 3 aliphatic heterocycles. The summed E-state index contributed by atoms with van der Waals surface area (Å²) in [5.74, 6) is 0.372. The third-order valence-corrected chi connectivity index (χ3v) is 16.7. The molecule has 0 aromatic heterocycles. The molecule has 3 aromatic rings. The third-order valence-electron chi connectivity index (χ3n) is 8.05. The SMILES string of the molecule is N#Cc1ccc2c(c1)COC2(CCCNCC1C[CH2][In]2[CH]=C1c1cccc[c]12)c1ccc(F)cc1. The molecule has 0 aliphatic carbocycles. The van der Waals surface area contributed by atoms with Crippen molar-refractivity contribution in [1.82, 2.24) is 5.32 Å². The average Bonchev–Trinajstić information content (AvgIpc) is 3.41. The van der Waals surface area contributed by atoms with E-state index in [4.69, 9.17) is 4.74 Å². The average molecular weight is 566 g/mol. The molecule has 2 bridgehead atoms. The van der Waals surface area contributed by atoms with Crippen LogP contribution in [-0.2, 0) is 16.9 Å². The van der Waals surface area contributed by atoms with Gasteiger partial charge in [0.1, 0.15) is 5.82 Å². The van der Waals surface area contributed by atoms with Crippen LogP contribution in [0.3, 0.4) is 0 Å². The normalized spacial score (nSPS) is 21.9. The zero-order valence-corrected chi connectivity index (χ0v) is 23.1. The van der Waals surface area contributed by atoms with E-state index in [1.165, 1.54) is 22.7 Å². The fourth-order valence-corrected chi connectivity index (χ4v) is 15.8. The Morgan fingerprint density at radius 1 is 1.11 bits per heavy atom. The molecule has 0 saturated carbocycles.